The quantitative estimate of drug-likeness (QED) is 0.867. The van der Waals surface area contributed by atoms with Crippen molar-refractivity contribution >= 4 is 5.91 Å². The van der Waals surface area contributed by atoms with Crippen molar-refractivity contribution in [2.75, 3.05) is 13.1 Å². The minimum absolute atomic E-state index is 0.0166. The summed E-state index contributed by atoms with van der Waals surface area (Å²) >= 11 is 0. The zero-order valence-corrected chi connectivity index (χ0v) is 14.1. The lowest BCUT2D eigenvalue weighted by atomic mass is 10.0. The van der Waals surface area contributed by atoms with Crippen LogP contribution in [0.5, 0.6) is 11.6 Å². The molecular formula is C18H21N3O3. The van der Waals surface area contributed by atoms with Gasteiger partial charge in [0.1, 0.15) is 11.3 Å². The second kappa shape index (κ2) is 6.57. The predicted molar refractivity (Wildman–Crippen MR) is 89.1 cm³/mol. The maximum absolute atomic E-state index is 13.0. The number of morpholine rings is 1. The number of amides is 1. The fourth-order valence-electron chi connectivity index (χ4n) is 2.93. The van der Waals surface area contributed by atoms with Gasteiger partial charge in [-0.15, -0.1) is 0 Å². The van der Waals surface area contributed by atoms with Crippen LogP contribution in [0.4, 0.5) is 0 Å². The van der Waals surface area contributed by atoms with E-state index in [4.69, 9.17) is 9.47 Å². The molecule has 0 aromatic carbocycles. The van der Waals surface area contributed by atoms with Crippen molar-refractivity contribution in [1.29, 1.82) is 0 Å². The first-order valence-corrected chi connectivity index (χ1v) is 7.94. The van der Waals surface area contributed by atoms with Gasteiger partial charge in [-0.05, 0) is 45.0 Å². The van der Waals surface area contributed by atoms with Gasteiger partial charge in [0.15, 0.2) is 0 Å². The maximum atomic E-state index is 13.0. The number of carbonyl (C=O) groups is 1. The average Bonchev–Trinajstić information content (AvgIpc) is 2.54. The lowest BCUT2D eigenvalue weighted by Crippen LogP contribution is -2.53. The van der Waals surface area contributed by atoms with Gasteiger partial charge in [0.2, 0.25) is 5.88 Å². The van der Waals surface area contributed by atoms with E-state index in [9.17, 15) is 4.79 Å². The molecule has 126 valence electrons. The molecule has 2 aromatic heterocycles. The van der Waals surface area contributed by atoms with Crippen LogP contribution in [0.15, 0.2) is 42.9 Å². The molecule has 1 aliphatic heterocycles. The molecule has 2 aromatic rings. The monoisotopic (exact) mass is 327 g/mol. The Morgan fingerprint density at radius 3 is 2.83 bits per heavy atom. The first-order valence-electron chi connectivity index (χ1n) is 7.94. The highest BCUT2D eigenvalue weighted by Gasteiger charge is 2.35. The largest absolute Gasteiger partial charge is 0.437 e. The van der Waals surface area contributed by atoms with Crippen molar-refractivity contribution in [1.82, 2.24) is 14.9 Å². The fourth-order valence-corrected chi connectivity index (χ4v) is 2.93. The Balaban J connectivity index is 1.85. The number of rotatable bonds is 3. The molecule has 0 spiro atoms. The van der Waals surface area contributed by atoms with Crippen LogP contribution in [0, 0.1) is 0 Å². The summed E-state index contributed by atoms with van der Waals surface area (Å²) in [7, 11) is 0. The van der Waals surface area contributed by atoms with Crippen molar-refractivity contribution in [3.8, 4) is 11.6 Å². The Morgan fingerprint density at radius 2 is 2.12 bits per heavy atom. The Morgan fingerprint density at radius 1 is 1.33 bits per heavy atom. The standard InChI is InChI=1S/C18H21N3O3/c1-13-11-21(12-18(2,3)24-13)17(22)15-7-5-9-20-16(15)23-14-6-4-8-19-10-14/h4-10,13H,11-12H2,1-3H3/t13-/m0/s1. The first kappa shape index (κ1) is 16.4. The lowest BCUT2D eigenvalue weighted by molar-refractivity contribution is -0.118. The molecule has 0 aliphatic carbocycles. The highest BCUT2D eigenvalue weighted by molar-refractivity contribution is 5.96. The van der Waals surface area contributed by atoms with E-state index >= 15 is 0 Å². The minimum Gasteiger partial charge on any atom is -0.437 e. The number of hydrogen-bond acceptors (Lipinski definition) is 5. The molecule has 1 atom stereocenters. The fraction of sp³-hybridized carbons (Fsp3) is 0.389. The normalized spacial score (nSPS) is 19.8. The van der Waals surface area contributed by atoms with Crippen molar-refractivity contribution in [3.63, 3.8) is 0 Å². The van der Waals surface area contributed by atoms with E-state index in [0.29, 0.717) is 24.4 Å². The van der Waals surface area contributed by atoms with Gasteiger partial charge < -0.3 is 14.4 Å². The van der Waals surface area contributed by atoms with Crippen molar-refractivity contribution < 1.29 is 14.3 Å². The van der Waals surface area contributed by atoms with Gasteiger partial charge in [-0.1, -0.05) is 0 Å². The molecule has 3 rings (SSSR count). The number of nitrogens with zero attached hydrogens (tertiary/aromatic N) is 3. The summed E-state index contributed by atoms with van der Waals surface area (Å²) in [4.78, 5) is 23.0. The third-order valence-electron chi connectivity index (χ3n) is 3.71. The van der Waals surface area contributed by atoms with E-state index in [1.807, 2.05) is 20.8 Å². The molecule has 0 unspecified atom stereocenters. The molecule has 0 radical (unpaired) electrons. The van der Waals surface area contributed by atoms with E-state index in [2.05, 4.69) is 9.97 Å². The summed E-state index contributed by atoms with van der Waals surface area (Å²) < 4.78 is 11.6. The molecule has 3 heterocycles. The van der Waals surface area contributed by atoms with E-state index in [-0.39, 0.29) is 23.5 Å². The molecule has 1 saturated heterocycles. The SMILES string of the molecule is C[C@H]1CN(C(=O)c2cccnc2Oc2cccnc2)CC(C)(C)O1. The third kappa shape index (κ3) is 3.71. The van der Waals surface area contributed by atoms with Crippen LogP contribution in [-0.4, -0.2) is 45.6 Å². The van der Waals surface area contributed by atoms with Crippen LogP contribution in [0.1, 0.15) is 31.1 Å². The van der Waals surface area contributed by atoms with Crippen LogP contribution in [0.25, 0.3) is 0 Å². The molecule has 24 heavy (non-hydrogen) atoms. The first-order chi connectivity index (χ1) is 11.4. The van der Waals surface area contributed by atoms with Gasteiger partial charge in [-0.3, -0.25) is 9.78 Å². The smallest absolute Gasteiger partial charge is 0.259 e. The number of carbonyl (C=O) groups excluding carboxylic acids is 1. The van der Waals surface area contributed by atoms with Gasteiger partial charge in [-0.25, -0.2) is 4.98 Å². The molecule has 1 aliphatic rings. The molecular weight excluding hydrogens is 306 g/mol. The van der Waals surface area contributed by atoms with Crippen molar-refractivity contribution in [2.24, 2.45) is 0 Å². The highest BCUT2D eigenvalue weighted by Crippen LogP contribution is 2.26. The highest BCUT2D eigenvalue weighted by atomic mass is 16.5. The Hall–Kier alpha value is -2.47. The van der Waals surface area contributed by atoms with Gasteiger partial charge in [0.05, 0.1) is 17.9 Å². The second-order valence-electron chi connectivity index (χ2n) is 6.52. The summed E-state index contributed by atoms with van der Waals surface area (Å²) in [6.07, 6.45) is 4.84. The zero-order valence-electron chi connectivity index (χ0n) is 14.1. The van der Waals surface area contributed by atoms with E-state index in [1.54, 1.807) is 47.8 Å². The van der Waals surface area contributed by atoms with Crippen molar-refractivity contribution in [3.05, 3.63) is 48.4 Å². The van der Waals surface area contributed by atoms with Crippen LogP contribution >= 0.6 is 0 Å². The Kier molecular flexibility index (Phi) is 4.49. The third-order valence-corrected chi connectivity index (χ3v) is 3.71. The molecule has 0 N–H and O–H groups in total. The number of hydrogen-bond donors (Lipinski definition) is 0. The van der Waals surface area contributed by atoms with E-state index < -0.39 is 0 Å². The zero-order chi connectivity index (χ0) is 17.2. The summed E-state index contributed by atoms with van der Waals surface area (Å²) in [5.41, 5.74) is 0.0613. The molecule has 6 heteroatoms. The Labute approximate surface area is 141 Å². The summed E-state index contributed by atoms with van der Waals surface area (Å²) in [6, 6.07) is 7.01. The second-order valence-corrected chi connectivity index (χ2v) is 6.52. The van der Waals surface area contributed by atoms with Crippen LogP contribution < -0.4 is 4.74 Å². The summed E-state index contributed by atoms with van der Waals surface area (Å²) in [6.45, 7) is 7.01. The molecule has 1 amide bonds. The summed E-state index contributed by atoms with van der Waals surface area (Å²) in [5, 5.41) is 0. The predicted octanol–water partition coefficient (Wildman–Crippen LogP) is 2.91. The maximum Gasteiger partial charge on any atom is 0.259 e. The van der Waals surface area contributed by atoms with Crippen molar-refractivity contribution in [2.45, 2.75) is 32.5 Å². The Bertz CT molecular complexity index is 718. The number of aromatic nitrogens is 2. The number of pyridine rings is 2. The van der Waals surface area contributed by atoms with Crippen LogP contribution in [0.3, 0.4) is 0 Å². The average molecular weight is 327 g/mol. The topological polar surface area (TPSA) is 64.6 Å². The van der Waals surface area contributed by atoms with Gasteiger partial charge in [-0.2, -0.15) is 0 Å². The van der Waals surface area contributed by atoms with Gasteiger partial charge >= 0.3 is 0 Å². The van der Waals surface area contributed by atoms with Crippen LogP contribution in [-0.2, 0) is 4.74 Å². The van der Waals surface area contributed by atoms with Gasteiger partial charge in [0, 0.05) is 25.5 Å². The minimum atomic E-state index is -0.375. The van der Waals surface area contributed by atoms with E-state index in [0.717, 1.165) is 0 Å². The number of ether oxygens (including phenoxy) is 2. The molecule has 1 fully saturated rings. The molecule has 0 bridgehead atoms. The summed E-state index contributed by atoms with van der Waals surface area (Å²) in [5.74, 6) is 0.721. The van der Waals surface area contributed by atoms with E-state index in [1.165, 1.54) is 0 Å². The lowest BCUT2D eigenvalue weighted by Gasteiger charge is -2.41. The van der Waals surface area contributed by atoms with Gasteiger partial charge in [0.25, 0.3) is 5.91 Å². The molecule has 0 saturated carbocycles. The molecule has 6 nitrogen and oxygen atoms in total. The van der Waals surface area contributed by atoms with Crippen LogP contribution in [0.2, 0.25) is 0 Å².